The highest BCUT2D eigenvalue weighted by Crippen LogP contribution is 2.42. The molecular weight excluding hydrogens is 256 g/mol. The van der Waals surface area contributed by atoms with Crippen molar-refractivity contribution < 1.29 is 18.9 Å². The molecule has 3 aliphatic rings. The topological polar surface area (TPSA) is 36.9 Å². The van der Waals surface area contributed by atoms with E-state index in [1.165, 1.54) is 0 Å². The first-order chi connectivity index (χ1) is 9.86. The van der Waals surface area contributed by atoms with E-state index in [0.717, 1.165) is 24.0 Å². The van der Waals surface area contributed by atoms with E-state index in [1.807, 2.05) is 0 Å². The largest absolute Gasteiger partial charge is 0.348 e. The quantitative estimate of drug-likeness (QED) is 0.712. The van der Waals surface area contributed by atoms with E-state index in [0.29, 0.717) is 37.6 Å². The lowest BCUT2D eigenvalue weighted by Crippen LogP contribution is -2.38. The van der Waals surface area contributed by atoms with Gasteiger partial charge in [-0.05, 0) is 12.8 Å². The molecule has 0 atom stereocenters. The van der Waals surface area contributed by atoms with Crippen LogP contribution >= 0.6 is 0 Å². The second-order valence-electron chi connectivity index (χ2n) is 4.72. The zero-order chi connectivity index (χ0) is 13.9. The molecule has 0 unspecified atom stereocenters. The Kier molecular flexibility index (Phi) is 3.91. The van der Waals surface area contributed by atoms with Crippen LogP contribution in [0.3, 0.4) is 0 Å². The van der Waals surface area contributed by atoms with Gasteiger partial charge in [-0.3, -0.25) is 0 Å². The summed E-state index contributed by atoms with van der Waals surface area (Å²) < 4.78 is 22.6. The summed E-state index contributed by atoms with van der Waals surface area (Å²) in [6, 6.07) is 0. The van der Waals surface area contributed by atoms with Crippen molar-refractivity contribution in [3.63, 3.8) is 0 Å². The predicted octanol–water partition coefficient (Wildman–Crippen LogP) is 1.39. The molecule has 3 rings (SSSR count). The molecule has 0 bridgehead atoms. The Bertz CT molecular complexity index is 484. The van der Waals surface area contributed by atoms with Crippen LogP contribution in [0, 0.1) is 24.7 Å². The third kappa shape index (κ3) is 2.18. The first-order valence-electron chi connectivity index (χ1n) is 6.75. The summed E-state index contributed by atoms with van der Waals surface area (Å²) in [4.78, 5) is 0. The van der Waals surface area contributed by atoms with E-state index in [1.54, 1.807) is 0 Å². The van der Waals surface area contributed by atoms with Crippen molar-refractivity contribution in [2.24, 2.45) is 0 Å². The van der Waals surface area contributed by atoms with Crippen LogP contribution in [-0.4, -0.2) is 39.0 Å². The van der Waals surface area contributed by atoms with Crippen molar-refractivity contribution in [2.45, 2.75) is 25.4 Å². The minimum Gasteiger partial charge on any atom is -0.348 e. The van der Waals surface area contributed by atoms with Crippen molar-refractivity contribution in [1.29, 1.82) is 0 Å². The summed E-state index contributed by atoms with van der Waals surface area (Å²) in [6.45, 7) is 2.60. The molecule has 0 aromatic carbocycles. The van der Waals surface area contributed by atoms with Crippen LogP contribution in [0.1, 0.15) is 12.8 Å². The molecule has 4 nitrogen and oxygen atoms in total. The summed E-state index contributed by atoms with van der Waals surface area (Å²) in [5, 5.41) is 0. The predicted molar refractivity (Wildman–Crippen MR) is 72.3 cm³/mol. The van der Waals surface area contributed by atoms with E-state index >= 15 is 0 Å². The number of ether oxygens (including phenoxy) is 4. The van der Waals surface area contributed by atoms with Crippen molar-refractivity contribution in [3.05, 3.63) is 22.3 Å². The molecule has 0 amide bonds. The summed E-state index contributed by atoms with van der Waals surface area (Å²) in [5.41, 5.74) is 2.97. The van der Waals surface area contributed by atoms with Gasteiger partial charge < -0.3 is 18.9 Å². The summed E-state index contributed by atoms with van der Waals surface area (Å²) in [5.74, 6) is 5.25. The zero-order valence-electron chi connectivity index (χ0n) is 11.2. The lowest BCUT2D eigenvalue weighted by molar-refractivity contribution is -0.169. The van der Waals surface area contributed by atoms with E-state index in [2.05, 4.69) is 11.8 Å². The van der Waals surface area contributed by atoms with Gasteiger partial charge in [0.05, 0.1) is 26.4 Å². The fourth-order valence-corrected chi connectivity index (χ4v) is 2.57. The fraction of sp³-hybridized carbons (Fsp3) is 0.500. The first-order valence-corrected chi connectivity index (χ1v) is 6.75. The maximum atomic E-state index is 5.64. The number of hydrogen-bond acceptors (Lipinski definition) is 4. The fourth-order valence-electron chi connectivity index (χ4n) is 2.57. The van der Waals surface area contributed by atoms with Crippen molar-refractivity contribution >= 4 is 0 Å². The van der Waals surface area contributed by atoms with Crippen molar-refractivity contribution in [2.75, 3.05) is 26.4 Å². The van der Waals surface area contributed by atoms with Crippen LogP contribution in [0.5, 0.6) is 0 Å². The minimum atomic E-state index is -0.462. The Morgan fingerprint density at radius 1 is 0.700 bits per heavy atom. The van der Waals surface area contributed by atoms with Crippen molar-refractivity contribution in [3.8, 4) is 24.7 Å². The molecule has 2 saturated heterocycles. The summed E-state index contributed by atoms with van der Waals surface area (Å²) in [6.07, 6.45) is 12.0. The highest BCUT2D eigenvalue weighted by Gasteiger charge is 2.40. The minimum absolute atomic E-state index is 0.462. The molecule has 0 spiro atoms. The van der Waals surface area contributed by atoms with Gasteiger partial charge in [0.15, 0.2) is 12.6 Å². The average Bonchev–Trinajstić information content (AvgIpc) is 2.49. The molecule has 1 aliphatic carbocycles. The third-order valence-electron chi connectivity index (χ3n) is 3.49. The highest BCUT2D eigenvalue weighted by atomic mass is 16.7. The Labute approximate surface area is 118 Å². The molecule has 0 radical (unpaired) electrons. The molecule has 20 heavy (non-hydrogen) atoms. The van der Waals surface area contributed by atoms with E-state index in [9.17, 15) is 0 Å². The monoisotopic (exact) mass is 272 g/mol. The van der Waals surface area contributed by atoms with Gasteiger partial charge >= 0.3 is 0 Å². The number of terminal acetylenes is 2. The normalized spacial score (nSPS) is 25.1. The molecule has 0 N–H and O–H groups in total. The van der Waals surface area contributed by atoms with Crippen LogP contribution in [0.15, 0.2) is 22.3 Å². The van der Waals surface area contributed by atoms with E-state index in [4.69, 9.17) is 31.8 Å². The maximum absolute atomic E-state index is 5.64. The molecular formula is C16H16O4. The molecule has 2 fully saturated rings. The van der Waals surface area contributed by atoms with Crippen LogP contribution in [-0.2, 0) is 18.9 Å². The number of rotatable bonds is 2. The Hall–Kier alpha value is -1.56. The second kappa shape index (κ2) is 5.83. The van der Waals surface area contributed by atoms with E-state index in [-0.39, 0.29) is 0 Å². The molecule has 2 heterocycles. The molecule has 0 aromatic heterocycles. The Morgan fingerprint density at radius 2 is 1.05 bits per heavy atom. The van der Waals surface area contributed by atoms with Gasteiger partial charge in [0.25, 0.3) is 0 Å². The zero-order valence-corrected chi connectivity index (χ0v) is 11.2. The molecule has 0 saturated carbocycles. The molecule has 4 heteroatoms. The van der Waals surface area contributed by atoms with E-state index < -0.39 is 12.6 Å². The van der Waals surface area contributed by atoms with Crippen molar-refractivity contribution in [1.82, 2.24) is 0 Å². The van der Waals surface area contributed by atoms with Crippen LogP contribution < -0.4 is 0 Å². The first kappa shape index (κ1) is 13.4. The summed E-state index contributed by atoms with van der Waals surface area (Å²) in [7, 11) is 0. The lowest BCUT2D eigenvalue weighted by Gasteiger charge is -2.37. The smallest absolute Gasteiger partial charge is 0.185 e. The van der Waals surface area contributed by atoms with Gasteiger partial charge in [-0.2, -0.15) is 0 Å². The maximum Gasteiger partial charge on any atom is 0.185 e. The second-order valence-corrected chi connectivity index (χ2v) is 4.72. The van der Waals surface area contributed by atoms with Gasteiger partial charge in [-0.25, -0.2) is 0 Å². The van der Waals surface area contributed by atoms with Gasteiger partial charge in [-0.1, -0.05) is 11.8 Å². The van der Waals surface area contributed by atoms with Gasteiger partial charge in [0, 0.05) is 22.3 Å². The van der Waals surface area contributed by atoms with Gasteiger partial charge in [0.1, 0.15) is 0 Å². The molecule has 2 aliphatic heterocycles. The summed E-state index contributed by atoms with van der Waals surface area (Å²) >= 11 is 0. The Balaban J connectivity index is 1.91. The lowest BCUT2D eigenvalue weighted by atomic mass is 9.79. The molecule has 0 aromatic rings. The third-order valence-corrected chi connectivity index (χ3v) is 3.49. The number of hydrogen-bond donors (Lipinski definition) is 0. The standard InChI is InChI=1S/C16H16O4/c1-3-11-12(4-2)14(16-19-9-6-10-20-16)13(11)15-17-7-5-8-18-15/h1-2,15-16H,5-10H2. The van der Waals surface area contributed by atoms with Gasteiger partial charge in [-0.15, -0.1) is 12.8 Å². The van der Waals surface area contributed by atoms with Gasteiger partial charge in [0.2, 0.25) is 0 Å². The highest BCUT2D eigenvalue weighted by molar-refractivity contribution is 5.73. The molecule has 104 valence electrons. The average molecular weight is 272 g/mol. The van der Waals surface area contributed by atoms with Crippen LogP contribution in [0.4, 0.5) is 0 Å². The Morgan fingerprint density at radius 3 is 1.35 bits per heavy atom. The van der Waals surface area contributed by atoms with Crippen LogP contribution in [0.2, 0.25) is 0 Å². The van der Waals surface area contributed by atoms with Crippen LogP contribution in [0.25, 0.3) is 0 Å². The SMILES string of the molecule is C#CC1=C(C#C)C(C2OCCCO2)=C1C1OCCCO1.